The molecule has 6 heteroatoms. The summed E-state index contributed by atoms with van der Waals surface area (Å²) in [5, 5.41) is 8.89. The second-order valence-electron chi connectivity index (χ2n) is 7.83. The molecule has 1 aromatic heterocycles. The van der Waals surface area contributed by atoms with E-state index in [0.29, 0.717) is 17.8 Å². The Bertz CT molecular complexity index is 1360. The van der Waals surface area contributed by atoms with Gasteiger partial charge in [-0.3, -0.25) is 4.98 Å². The molecule has 0 aliphatic heterocycles. The van der Waals surface area contributed by atoms with Gasteiger partial charge in [0.15, 0.2) is 0 Å². The van der Waals surface area contributed by atoms with Crippen molar-refractivity contribution in [1.29, 1.82) is 0 Å². The second-order valence-corrected chi connectivity index (χ2v) is 7.83. The molecule has 0 fully saturated rings. The number of carbonyl (C=O) groups excluding carboxylic acids is 1. The summed E-state index contributed by atoms with van der Waals surface area (Å²) in [7, 11) is 1.88. The Morgan fingerprint density at radius 3 is 2.49 bits per heavy atom. The number of anilines is 2. The van der Waals surface area contributed by atoms with Crippen LogP contribution in [0.5, 0.6) is 0 Å². The fraction of sp³-hybridized carbons (Fsp3) is 0.103. The summed E-state index contributed by atoms with van der Waals surface area (Å²) >= 11 is 0. The lowest BCUT2D eigenvalue weighted by Crippen LogP contribution is -2.30. The molecule has 4 aromatic rings. The Balaban J connectivity index is 1.48. The van der Waals surface area contributed by atoms with Gasteiger partial charge < -0.3 is 16.0 Å². The summed E-state index contributed by atoms with van der Waals surface area (Å²) in [5.74, 6) is 5.94. The smallest absolute Gasteiger partial charge is 0.319 e. The van der Waals surface area contributed by atoms with Gasteiger partial charge in [-0.1, -0.05) is 30.0 Å². The van der Waals surface area contributed by atoms with Crippen LogP contribution in [0.15, 0.2) is 91.3 Å². The average Bonchev–Trinajstić information content (AvgIpc) is 2.89. The Morgan fingerprint density at radius 1 is 0.914 bits per heavy atom. The summed E-state index contributed by atoms with van der Waals surface area (Å²) in [6.45, 7) is 0.505. The molecule has 5 nitrogen and oxygen atoms in total. The van der Waals surface area contributed by atoms with Crippen LogP contribution in [0.1, 0.15) is 16.7 Å². The molecular formula is C29H25FN4O. The molecule has 0 spiro atoms. The summed E-state index contributed by atoms with van der Waals surface area (Å²) < 4.78 is 13.2. The summed E-state index contributed by atoms with van der Waals surface area (Å²) in [6.07, 6.45) is 4.16. The number of nitrogens with zero attached hydrogens (tertiary/aromatic N) is 1. The van der Waals surface area contributed by atoms with E-state index in [2.05, 4.69) is 38.8 Å². The van der Waals surface area contributed by atoms with Crippen molar-refractivity contribution in [2.75, 3.05) is 24.2 Å². The van der Waals surface area contributed by atoms with Crippen molar-refractivity contribution < 1.29 is 9.18 Å². The van der Waals surface area contributed by atoms with Crippen molar-refractivity contribution in [3.8, 4) is 23.0 Å². The average molecular weight is 465 g/mol. The van der Waals surface area contributed by atoms with Crippen molar-refractivity contribution in [1.82, 2.24) is 10.3 Å². The standard InChI is InChI=1S/C29H25FN4O/c1-31-26-4-2-3-22(19-26)13-18-33-29(35)34-27-11-12-28(23-14-16-32-17-15-23)24(20-27)8-5-21-6-9-25(30)10-7-21/h2-4,6-7,9-12,14-17,19-20,31H,13,18H2,1H3,(H2,33,34,35). The van der Waals surface area contributed by atoms with Gasteiger partial charge in [-0.25, -0.2) is 9.18 Å². The minimum absolute atomic E-state index is 0.288. The first-order chi connectivity index (χ1) is 17.1. The van der Waals surface area contributed by atoms with Gasteiger partial charge in [0.1, 0.15) is 5.82 Å². The Labute approximate surface area is 204 Å². The van der Waals surface area contributed by atoms with E-state index < -0.39 is 0 Å². The number of carbonyl (C=O) groups is 1. The largest absolute Gasteiger partial charge is 0.388 e. The number of benzene rings is 3. The minimum atomic E-state index is -0.306. The van der Waals surface area contributed by atoms with Crippen molar-refractivity contribution in [2.24, 2.45) is 0 Å². The van der Waals surface area contributed by atoms with Gasteiger partial charge in [-0.05, 0) is 83.8 Å². The van der Waals surface area contributed by atoms with Crippen LogP contribution in [-0.2, 0) is 6.42 Å². The number of hydrogen-bond acceptors (Lipinski definition) is 3. The molecule has 0 radical (unpaired) electrons. The highest BCUT2D eigenvalue weighted by atomic mass is 19.1. The SMILES string of the molecule is CNc1cccc(CCNC(=O)Nc2ccc(-c3ccncc3)c(C#Cc3ccc(F)cc3)c2)c1. The fourth-order valence-corrected chi connectivity index (χ4v) is 3.56. The van der Waals surface area contributed by atoms with Gasteiger partial charge in [-0.15, -0.1) is 0 Å². The monoisotopic (exact) mass is 464 g/mol. The van der Waals surface area contributed by atoms with E-state index in [0.717, 1.165) is 34.4 Å². The molecule has 3 aromatic carbocycles. The van der Waals surface area contributed by atoms with Crippen LogP contribution < -0.4 is 16.0 Å². The number of aromatic nitrogens is 1. The lowest BCUT2D eigenvalue weighted by molar-refractivity contribution is 0.252. The molecule has 3 N–H and O–H groups in total. The topological polar surface area (TPSA) is 66.0 Å². The Hall–Kier alpha value is -4.63. The first-order valence-corrected chi connectivity index (χ1v) is 11.2. The van der Waals surface area contributed by atoms with Gasteiger partial charge in [0.25, 0.3) is 0 Å². The zero-order valence-corrected chi connectivity index (χ0v) is 19.3. The highest BCUT2D eigenvalue weighted by molar-refractivity contribution is 5.90. The fourth-order valence-electron chi connectivity index (χ4n) is 3.56. The number of rotatable bonds is 6. The van der Waals surface area contributed by atoms with Crippen LogP contribution in [-0.4, -0.2) is 24.6 Å². The summed E-state index contributed by atoms with van der Waals surface area (Å²) in [6, 6.07) is 23.2. The summed E-state index contributed by atoms with van der Waals surface area (Å²) in [5.41, 5.74) is 6.11. The molecule has 0 atom stereocenters. The molecule has 0 unspecified atom stereocenters. The normalized spacial score (nSPS) is 10.1. The number of hydrogen-bond donors (Lipinski definition) is 3. The number of urea groups is 1. The van der Waals surface area contributed by atoms with Gasteiger partial charge in [0.05, 0.1) is 0 Å². The van der Waals surface area contributed by atoms with Gasteiger partial charge in [-0.2, -0.15) is 0 Å². The maximum Gasteiger partial charge on any atom is 0.319 e. The van der Waals surface area contributed by atoms with Crippen molar-refractivity contribution in [2.45, 2.75) is 6.42 Å². The van der Waals surface area contributed by atoms with Crippen LogP contribution in [0.4, 0.5) is 20.6 Å². The molecule has 0 aliphatic rings. The maximum absolute atomic E-state index is 13.2. The third-order valence-electron chi connectivity index (χ3n) is 5.37. The van der Waals surface area contributed by atoms with Gasteiger partial charge in [0, 0.05) is 48.5 Å². The van der Waals surface area contributed by atoms with Crippen LogP contribution in [0.25, 0.3) is 11.1 Å². The zero-order valence-electron chi connectivity index (χ0n) is 19.3. The van der Waals surface area contributed by atoms with E-state index in [4.69, 9.17) is 0 Å². The predicted molar refractivity (Wildman–Crippen MR) is 139 cm³/mol. The van der Waals surface area contributed by atoms with Crippen LogP contribution in [0, 0.1) is 17.7 Å². The van der Waals surface area contributed by atoms with Crippen molar-refractivity contribution in [3.63, 3.8) is 0 Å². The zero-order chi connectivity index (χ0) is 24.5. The molecule has 0 saturated carbocycles. The first-order valence-electron chi connectivity index (χ1n) is 11.2. The third kappa shape index (κ3) is 6.68. The predicted octanol–water partition coefficient (Wildman–Crippen LogP) is 5.69. The number of pyridine rings is 1. The molecular weight excluding hydrogens is 439 g/mol. The van der Waals surface area contributed by atoms with E-state index >= 15 is 0 Å². The highest BCUT2D eigenvalue weighted by Crippen LogP contribution is 2.26. The molecule has 0 aliphatic carbocycles. The van der Waals surface area contributed by atoms with Crippen molar-refractivity contribution in [3.05, 3.63) is 114 Å². The molecule has 0 bridgehead atoms. The van der Waals surface area contributed by atoms with E-state index in [1.54, 1.807) is 24.5 Å². The highest BCUT2D eigenvalue weighted by Gasteiger charge is 2.08. The van der Waals surface area contributed by atoms with E-state index in [9.17, 15) is 9.18 Å². The molecule has 0 saturated heterocycles. The lowest BCUT2D eigenvalue weighted by Gasteiger charge is -2.11. The maximum atomic E-state index is 13.2. The van der Waals surface area contributed by atoms with Crippen molar-refractivity contribution >= 4 is 17.4 Å². The Morgan fingerprint density at radius 2 is 1.71 bits per heavy atom. The quantitative estimate of drug-likeness (QED) is 0.321. The molecule has 4 rings (SSSR count). The number of amides is 2. The van der Waals surface area contributed by atoms with Crippen LogP contribution in [0.3, 0.4) is 0 Å². The Kier molecular flexibility index (Phi) is 7.72. The second kappa shape index (κ2) is 11.5. The minimum Gasteiger partial charge on any atom is -0.388 e. The lowest BCUT2D eigenvalue weighted by atomic mass is 10.00. The van der Waals surface area contributed by atoms with Crippen LogP contribution in [0.2, 0.25) is 0 Å². The molecule has 2 amide bonds. The van der Waals surface area contributed by atoms with Gasteiger partial charge >= 0.3 is 6.03 Å². The molecule has 35 heavy (non-hydrogen) atoms. The molecule has 174 valence electrons. The van der Waals surface area contributed by atoms with E-state index in [1.807, 2.05) is 55.6 Å². The third-order valence-corrected chi connectivity index (χ3v) is 5.37. The first kappa shape index (κ1) is 23.5. The number of nitrogens with one attached hydrogen (secondary N) is 3. The number of halogens is 1. The molecule has 1 heterocycles. The van der Waals surface area contributed by atoms with Gasteiger partial charge in [0.2, 0.25) is 0 Å². The van der Waals surface area contributed by atoms with Crippen LogP contribution >= 0.6 is 0 Å². The summed E-state index contributed by atoms with van der Waals surface area (Å²) in [4.78, 5) is 16.6. The van der Waals surface area contributed by atoms with E-state index in [1.165, 1.54) is 12.1 Å². The van der Waals surface area contributed by atoms with E-state index in [-0.39, 0.29) is 11.8 Å².